The molecule has 2 aliphatic carbocycles. The number of hydrogen-bond acceptors (Lipinski definition) is 1. The Balaban J connectivity index is 1.97. The number of aliphatic hydroxyl groups excluding tert-OH is 1. The predicted molar refractivity (Wildman–Crippen MR) is 49.9 cm³/mol. The smallest absolute Gasteiger partial charge is 0.0459 e. The molecule has 0 bridgehead atoms. The van der Waals surface area contributed by atoms with E-state index in [1.165, 1.54) is 51.4 Å². The molecule has 1 N–H and O–H groups in total. The molecule has 12 heavy (non-hydrogen) atoms. The van der Waals surface area contributed by atoms with E-state index >= 15 is 0 Å². The van der Waals surface area contributed by atoms with Gasteiger partial charge in [-0.25, -0.2) is 0 Å². The minimum atomic E-state index is 0.432. The SMILES string of the molecule is OC[C@@H]1CCCC2(CCCC2)C1. The molecule has 0 aromatic carbocycles. The molecule has 0 aromatic heterocycles. The first-order chi connectivity index (χ1) is 5.85. The Morgan fingerprint density at radius 3 is 2.42 bits per heavy atom. The molecule has 1 spiro atoms. The molecule has 70 valence electrons. The third kappa shape index (κ3) is 1.52. The van der Waals surface area contributed by atoms with Crippen LogP contribution in [0.3, 0.4) is 0 Å². The van der Waals surface area contributed by atoms with Gasteiger partial charge in [0.25, 0.3) is 0 Å². The largest absolute Gasteiger partial charge is 0.396 e. The molecular formula is C11H20O. The van der Waals surface area contributed by atoms with Gasteiger partial charge >= 0.3 is 0 Å². The van der Waals surface area contributed by atoms with Crippen molar-refractivity contribution < 1.29 is 5.11 Å². The van der Waals surface area contributed by atoms with Gasteiger partial charge in [0, 0.05) is 6.61 Å². The van der Waals surface area contributed by atoms with Gasteiger partial charge in [-0.1, -0.05) is 19.3 Å². The summed E-state index contributed by atoms with van der Waals surface area (Å²) >= 11 is 0. The van der Waals surface area contributed by atoms with Crippen molar-refractivity contribution in [3.8, 4) is 0 Å². The monoisotopic (exact) mass is 168 g/mol. The summed E-state index contributed by atoms with van der Waals surface area (Å²) in [6.07, 6.45) is 11.2. The minimum absolute atomic E-state index is 0.432. The van der Waals surface area contributed by atoms with E-state index in [1.54, 1.807) is 0 Å². The summed E-state index contributed by atoms with van der Waals surface area (Å²) in [6, 6.07) is 0. The Morgan fingerprint density at radius 2 is 1.75 bits per heavy atom. The van der Waals surface area contributed by atoms with Crippen LogP contribution >= 0.6 is 0 Å². The molecule has 0 aromatic rings. The van der Waals surface area contributed by atoms with Crippen molar-refractivity contribution in [1.29, 1.82) is 0 Å². The van der Waals surface area contributed by atoms with Crippen LogP contribution in [-0.2, 0) is 0 Å². The van der Waals surface area contributed by atoms with Crippen molar-refractivity contribution in [3.63, 3.8) is 0 Å². The van der Waals surface area contributed by atoms with Crippen molar-refractivity contribution in [2.24, 2.45) is 11.3 Å². The molecule has 2 aliphatic rings. The van der Waals surface area contributed by atoms with E-state index < -0.39 is 0 Å². The van der Waals surface area contributed by atoms with Crippen LogP contribution in [0.5, 0.6) is 0 Å². The lowest BCUT2D eigenvalue weighted by Gasteiger charge is -2.37. The summed E-state index contributed by atoms with van der Waals surface area (Å²) in [5, 5.41) is 9.13. The maximum absolute atomic E-state index is 9.13. The normalized spacial score (nSPS) is 34.2. The fourth-order valence-corrected chi connectivity index (χ4v) is 3.32. The summed E-state index contributed by atoms with van der Waals surface area (Å²) < 4.78 is 0. The van der Waals surface area contributed by atoms with Gasteiger partial charge in [-0.2, -0.15) is 0 Å². The lowest BCUT2D eigenvalue weighted by atomic mass is 9.69. The summed E-state index contributed by atoms with van der Waals surface area (Å²) in [5.41, 5.74) is 0.686. The highest BCUT2D eigenvalue weighted by atomic mass is 16.3. The van der Waals surface area contributed by atoms with Crippen molar-refractivity contribution in [3.05, 3.63) is 0 Å². The molecule has 0 unspecified atom stereocenters. The Morgan fingerprint density at radius 1 is 1.08 bits per heavy atom. The zero-order valence-electron chi connectivity index (χ0n) is 7.89. The zero-order chi connectivity index (χ0) is 8.44. The van der Waals surface area contributed by atoms with Crippen molar-refractivity contribution >= 4 is 0 Å². The lowest BCUT2D eigenvalue weighted by molar-refractivity contribution is 0.0979. The molecule has 2 rings (SSSR count). The van der Waals surface area contributed by atoms with E-state index in [0.717, 1.165) is 0 Å². The maximum atomic E-state index is 9.13. The van der Waals surface area contributed by atoms with Gasteiger partial charge in [0.1, 0.15) is 0 Å². The first-order valence-corrected chi connectivity index (χ1v) is 5.46. The second-order valence-electron chi connectivity index (χ2n) is 4.85. The summed E-state index contributed by atoms with van der Waals surface area (Å²) in [5.74, 6) is 0.636. The molecule has 0 heterocycles. The molecule has 1 heteroatoms. The number of hydrogen-bond donors (Lipinski definition) is 1. The number of rotatable bonds is 1. The van der Waals surface area contributed by atoms with E-state index in [0.29, 0.717) is 17.9 Å². The third-order valence-electron chi connectivity index (χ3n) is 3.96. The average molecular weight is 168 g/mol. The van der Waals surface area contributed by atoms with Crippen LogP contribution in [0.4, 0.5) is 0 Å². The first kappa shape index (κ1) is 8.55. The molecule has 0 amide bonds. The topological polar surface area (TPSA) is 20.2 Å². The van der Waals surface area contributed by atoms with E-state index in [1.807, 2.05) is 0 Å². The van der Waals surface area contributed by atoms with Crippen LogP contribution in [0, 0.1) is 11.3 Å². The quantitative estimate of drug-likeness (QED) is 0.638. The molecule has 0 radical (unpaired) electrons. The number of aliphatic hydroxyl groups is 1. The predicted octanol–water partition coefficient (Wildman–Crippen LogP) is 2.73. The van der Waals surface area contributed by atoms with Crippen LogP contribution in [0.15, 0.2) is 0 Å². The fraction of sp³-hybridized carbons (Fsp3) is 1.00. The average Bonchev–Trinajstić information content (AvgIpc) is 2.53. The van der Waals surface area contributed by atoms with Crippen molar-refractivity contribution in [2.45, 2.75) is 51.4 Å². The van der Waals surface area contributed by atoms with Crippen molar-refractivity contribution in [1.82, 2.24) is 0 Å². The third-order valence-corrected chi connectivity index (χ3v) is 3.96. The first-order valence-electron chi connectivity index (χ1n) is 5.46. The van der Waals surface area contributed by atoms with Gasteiger partial charge in [-0.15, -0.1) is 0 Å². The van der Waals surface area contributed by atoms with Gasteiger partial charge in [-0.3, -0.25) is 0 Å². The second-order valence-corrected chi connectivity index (χ2v) is 4.85. The Hall–Kier alpha value is -0.0400. The summed E-state index contributed by atoms with van der Waals surface area (Å²) in [4.78, 5) is 0. The molecule has 0 saturated heterocycles. The van der Waals surface area contributed by atoms with E-state index in [9.17, 15) is 0 Å². The van der Waals surface area contributed by atoms with Crippen LogP contribution in [0.2, 0.25) is 0 Å². The molecule has 2 fully saturated rings. The molecule has 2 saturated carbocycles. The fourth-order valence-electron chi connectivity index (χ4n) is 3.32. The molecular weight excluding hydrogens is 148 g/mol. The summed E-state index contributed by atoms with van der Waals surface area (Å²) in [6.45, 7) is 0.432. The van der Waals surface area contributed by atoms with E-state index in [4.69, 9.17) is 5.11 Å². The zero-order valence-corrected chi connectivity index (χ0v) is 7.89. The minimum Gasteiger partial charge on any atom is -0.396 e. The highest BCUT2D eigenvalue weighted by Crippen LogP contribution is 2.50. The second kappa shape index (κ2) is 3.37. The van der Waals surface area contributed by atoms with Crippen LogP contribution in [0.25, 0.3) is 0 Å². The Labute approximate surface area is 75.2 Å². The standard InChI is InChI=1S/C11H20O/c12-9-10-4-3-7-11(8-10)5-1-2-6-11/h10,12H,1-9H2/t10-/m1/s1. The highest BCUT2D eigenvalue weighted by molar-refractivity contribution is 4.89. The van der Waals surface area contributed by atoms with Crippen LogP contribution in [0.1, 0.15) is 51.4 Å². The molecule has 1 nitrogen and oxygen atoms in total. The Bertz CT molecular complexity index is 147. The maximum Gasteiger partial charge on any atom is 0.0459 e. The van der Waals surface area contributed by atoms with E-state index in [2.05, 4.69) is 0 Å². The molecule has 0 aliphatic heterocycles. The van der Waals surface area contributed by atoms with Gasteiger partial charge in [0.05, 0.1) is 0 Å². The Kier molecular flexibility index (Phi) is 2.40. The van der Waals surface area contributed by atoms with Gasteiger partial charge in [0.2, 0.25) is 0 Å². The van der Waals surface area contributed by atoms with Crippen LogP contribution < -0.4 is 0 Å². The van der Waals surface area contributed by atoms with Gasteiger partial charge in [-0.05, 0) is 43.4 Å². The summed E-state index contributed by atoms with van der Waals surface area (Å²) in [7, 11) is 0. The van der Waals surface area contributed by atoms with E-state index in [-0.39, 0.29) is 0 Å². The van der Waals surface area contributed by atoms with Crippen LogP contribution in [-0.4, -0.2) is 11.7 Å². The van der Waals surface area contributed by atoms with Gasteiger partial charge < -0.3 is 5.11 Å². The lowest BCUT2D eigenvalue weighted by Crippen LogP contribution is -2.27. The highest BCUT2D eigenvalue weighted by Gasteiger charge is 2.37. The molecule has 1 atom stereocenters. The van der Waals surface area contributed by atoms with Crippen molar-refractivity contribution in [2.75, 3.05) is 6.61 Å². The van der Waals surface area contributed by atoms with Gasteiger partial charge in [0.15, 0.2) is 0 Å².